The van der Waals surface area contributed by atoms with Gasteiger partial charge in [-0.2, -0.15) is 4.72 Å². The van der Waals surface area contributed by atoms with E-state index in [-0.39, 0.29) is 12.0 Å². The van der Waals surface area contributed by atoms with Crippen molar-refractivity contribution >= 4 is 15.9 Å². The summed E-state index contributed by atoms with van der Waals surface area (Å²) in [6.07, 6.45) is 7.09. The first-order valence-corrected chi connectivity index (χ1v) is 10.2. The first kappa shape index (κ1) is 17.7. The number of carbonyl (C=O) groups is 1. The fourth-order valence-electron chi connectivity index (χ4n) is 3.67. The summed E-state index contributed by atoms with van der Waals surface area (Å²) < 4.78 is 31.8. The van der Waals surface area contributed by atoms with Crippen LogP contribution in [0, 0.1) is 0 Å². The first-order valence-electron chi connectivity index (χ1n) is 8.26. The molecule has 2 fully saturated rings. The van der Waals surface area contributed by atoms with E-state index in [2.05, 4.69) is 4.72 Å². The molecule has 1 atom stereocenters. The maximum atomic E-state index is 13.0. The number of amides is 1. The Bertz CT molecular complexity index is 484. The molecule has 7 heteroatoms. The second kappa shape index (κ2) is 7.27. The highest BCUT2D eigenvalue weighted by Crippen LogP contribution is 2.31. The maximum Gasteiger partial charge on any atom is 0.243 e. The third-order valence-corrected chi connectivity index (χ3v) is 5.33. The summed E-state index contributed by atoms with van der Waals surface area (Å²) in [4.78, 5) is 14.8. The molecule has 22 heavy (non-hydrogen) atoms. The van der Waals surface area contributed by atoms with Crippen molar-refractivity contribution in [3.63, 3.8) is 0 Å². The van der Waals surface area contributed by atoms with Gasteiger partial charge in [0.2, 0.25) is 15.9 Å². The lowest BCUT2D eigenvalue weighted by molar-refractivity contribution is -0.143. The Morgan fingerprint density at radius 1 is 1.27 bits per heavy atom. The number of carbonyl (C=O) groups excluding carboxylic acids is 1. The van der Waals surface area contributed by atoms with Crippen LogP contribution in [0.5, 0.6) is 0 Å². The number of ether oxygens (including phenoxy) is 1. The summed E-state index contributed by atoms with van der Waals surface area (Å²) >= 11 is 0. The van der Waals surface area contributed by atoms with Crippen LogP contribution in [-0.2, 0) is 19.6 Å². The Kier molecular flexibility index (Phi) is 5.85. The first-order chi connectivity index (χ1) is 10.4. The zero-order chi connectivity index (χ0) is 16.2. The van der Waals surface area contributed by atoms with Gasteiger partial charge in [0.25, 0.3) is 0 Å². The molecule has 0 aromatic carbocycles. The van der Waals surface area contributed by atoms with Crippen molar-refractivity contribution in [2.75, 3.05) is 26.0 Å². The highest BCUT2D eigenvalue weighted by Gasteiger charge is 2.44. The predicted molar refractivity (Wildman–Crippen MR) is 85.0 cm³/mol. The van der Waals surface area contributed by atoms with Gasteiger partial charge in [-0.15, -0.1) is 0 Å². The number of hydrogen-bond donors (Lipinski definition) is 1. The van der Waals surface area contributed by atoms with E-state index in [0.717, 1.165) is 38.4 Å². The molecular formula is C15H28N2O4S. The number of nitrogens with zero attached hydrogens (tertiary/aromatic N) is 1. The number of nitrogens with one attached hydrogen (secondary N) is 1. The summed E-state index contributed by atoms with van der Waals surface area (Å²) in [5.74, 6) is -0.0676. The summed E-state index contributed by atoms with van der Waals surface area (Å²) in [6, 6.07) is 0. The van der Waals surface area contributed by atoms with E-state index < -0.39 is 15.6 Å². The normalized spacial score (nSPS) is 25.9. The van der Waals surface area contributed by atoms with Gasteiger partial charge in [-0.3, -0.25) is 4.79 Å². The average molecular weight is 332 g/mol. The number of hydrogen-bond acceptors (Lipinski definition) is 4. The van der Waals surface area contributed by atoms with Gasteiger partial charge >= 0.3 is 0 Å². The Morgan fingerprint density at radius 3 is 2.55 bits per heavy atom. The topological polar surface area (TPSA) is 75.7 Å². The highest BCUT2D eigenvalue weighted by molar-refractivity contribution is 7.88. The van der Waals surface area contributed by atoms with E-state index in [0.29, 0.717) is 32.5 Å². The van der Waals surface area contributed by atoms with Crippen molar-refractivity contribution in [3.05, 3.63) is 0 Å². The van der Waals surface area contributed by atoms with E-state index in [1.165, 1.54) is 0 Å². The summed E-state index contributed by atoms with van der Waals surface area (Å²) in [5, 5.41) is 0. The third kappa shape index (κ3) is 4.43. The van der Waals surface area contributed by atoms with Gasteiger partial charge in [-0.25, -0.2) is 8.42 Å². The van der Waals surface area contributed by atoms with Gasteiger partial charge in [0.1, 0.15) is 5.54 Å². The van der Waals surface area contributed by atoms with Crippen molar-refractivity contribution in [1.82, 2.24) is 9.62 Å². The van der Waals surface area contributed by atoms with Crippen LogP contribution in [0.2, 0.25) is 0 Å². The lowest BCUT2D eigenvalue weighted by Gasteiger charge is -2.42. The second-order valence-corrected chi connectivity index (χ2v) is 8.24. The van der Waals surface area contributed by atoms with Gasteiger partial charge in [-0.05, 0) is 32.6 Å². The molecule has 6 nitrogen and oxygen atoms in total. The quantitative estimate of drug-likeness (QED) is 0.822. The predicted octanol–water partition coefficient (Wildman–Crippen LogP) is 1.27. The standard InChI is InChI=1S/C15H28N2O4S/c1-3-21-13-8-7-11-17(12-13)14(18)15(16-22(2,19)20)9-5-4-6-10-15/h13,16H,3-12H2,1-2H3/t13-/m1/s1. The Balaban J connectivity index is 2.14. The number of rotatable bonds is 5. The molecule has 2 aliphatic rings. The van der Waals surface area contributed by atoms with E-state index in [1.807, 2.05) is 6.92 Å². The fraction of sp³-hybridized carbons (Fsp3) is 0.933. The van der Waals surface area contributed by atoms with E-state index >= 15 is 0 Å². The van der Waals surface area contributed by atoms with Crippen LogP contribution in [0.3, 0.4) is 0 Å². The lowest BCUT2D eigenvalue weighted by Crippen LogP contribution is -2.62. The number of likely N-dealkylation sites (tertiary alicyclic amines) is 1. The molecule has 1 aliphatic carbocycles. The van der Waals surface area contributed by atoms with Gasteiger partial charge in [-0.1, -0.05) is 19.3 Å². The largest absolute Gasteiger partial charge is 0.377 e. The minimum atomic E-state index is -3.42. The molecule has 0 bridgehead atoms. The summed E-state index contributed by atoms with van der Waals surface area (Å²) in [7, 11) is -3.42. The zero-order valence-electron chi connectivity index (χ0n) is 13.6. The van der Waals surface area contributed by atoms with Crippen molar-refractivity contribution in [2.24, 2.45) is 0 Å². The van der Waals surface area contributed by atoms with Crippen LogP contribution in [-0.4, -0.2) is 56.8 Å². The summed E-state index contributed by atoms with van der Waals surface area (Å²) in [5.41, 5.74) is -0.945. The molecule has 0 unspecified atom stereocenters. The Labute approximate surface area is 133 Å². The average Bonchev–Trinajstić information content (AvgIpc) is 2.46. The molecule has 1 heterocycles. The summed E-state index contributed by atoms with van der Waals surface area (Å²) in [6.45, 7) is 3.85. The molecule has 128 valence electrons. The molecule has 1 saturated heterocycles. The minimum absolute atomic E-state index is 0.0676. The fourth-order valence-corrected chi connectivity index (χ4v) is 4.67. The van der Waals surface area contributed by atoms with E-state index in [4.69, 9.17) is 4.74 Å². The molecule has 2 rings (SSSR count). The van der Waals surface area contributed by atoms with Crippen molar-refractivity contribution in [3.8, 4) is 0 Å². The zero-order valence-corrected chi connectivity index (χ0v) is 14.5. The molecule has 0 spiro atoms. The van der Waals surface area contributed by atoms with Crippen LogP contribution in [0.15, 0.2) is 0 Å². The van der Waals surface area contributed by atoms with Crippen molar-refractivity contribution < 1.29 is 17.9 Å². The molecular weight excluding hydrogens is 304 g/mol. The molecule has 1 aliphatic heterocycles. The van der Waals surface area contributed by atoms with Gasteiger partial charge in [0.05, 0.1) is 12.4 Å². The van der Waals surface area contributed by atoms with Crippen LogP contribution < -0.4 is 4.72 Å². The molecule has 0 aromatic heterocycles. The highest BCUT2D eigenvalue weighted by atomic mass is 32.2. The Hall–Kier alpha value is -0.660. The molecule has 1 saturated carbocycles. The van der Waals surface area contributed by atoms with Crippen LogP contribution in [0.1, 0.15) is 51.9 Å². The molecule has 1 N–H and O–H groups in total. The smallest absolute Gasteiger partial charge is 0.243 e. The third-order valence-electron chi connectivity index (χ3n) is 4.56. The second-order valence-electron chi connectivity index (χ2n) is 6.49. The molecule has 0 radical (unpaired) electrons. The SMILES string of the molecule is CCO[C@@H]1CCCN(C(=O)C2(NS(C)(=O)=O)CCCCC2)C1. The van der Waals surface area contributed by atoms with Gasteiger partial charge in [0, 0.05) is 19.7 Å². The molecule has 1 amide bonds. The van der Waals surface area contributed by atoms with Gasteiger partial charge in [0.15, 0.2) is 0 Å². The minimum Gasteiger partial charge on any atom is -0.377 e. The van der Waals surface area contributed by atoms with Gasteiger partial charge < -0.3 is 9.64 Å². The van der Waals surface area contributed by atoms with Crippen molar-refractivity contribution in [1.29, 1.82) is 0 Å². The van der Waals surface area contributed by atoms with Crippen LogP contribution in [0.4, 0.5) is 0 Å². The van der Waals surface area contributed by atoms with E-state index in [9.17, 15) is 13.2 Å². The Morgan fingerprint density at radius 2 is 1.95 bits per heavy atom. The maximum absolute atomic E-state index is 13.0. The van der Waals surface area contributed by atoms with Crippen molar-refractivity contribution in [2.45, 2.75) is 63.5 Å². The van der Waals surface area contributed by atoms with Crippen LogP contribution in [0.25, 0.3) is 0 Å². The van der Waals surface area contributed by atoms with Crippen LogP contribution >= 0.6 is 0 Å². The number of piperidine rings is 1. The molecule has 0 aromatic rings. The van der Waals surface area contributed by atoms with E-state index in [1.54, 1.807) is 4.90 Å². The number of sulfonamides is 1. The monoisotopic (exact) mass is 332 g/mol. The lowest BCUT2D eigenvalue weighted by atomic mass is 9.81.